The van der Waals surface area contributed by atoms with Gasteiger partial charge in [0.2, 0.25) is 10.0 Å². The second-order valence-corrected chi connectivity index (χ2v) is 7.31. The lowest BCUT2D eigenvalue weighted by Crippen LogP contribution is -2.34. The van der Waals surface area contributed by atoms with E-state index >= 15 is 0 Å². The van der Waals surface area contributed by atoms with Crippen molar-refractivity contribution in [2.45, 2.75) is 30.2 Å². The van der Waals surface area contributed by atoms with Gasteiger partial charge in [0.25, 0.3) is 0 Å². The number of aromatic nitrogens is 2. The average molecular weight is 305 g/mol. The molecule has 0 atom stereocenters. The van der Waals surface area contributed by atoms with E-state index in [4.69, 9.17) is 6.42 Å². The Morgan fingerprint density at radius 1 is 1.33 bits per heavy atom. The van der Waals surface area contributed by atoms with Gasteiger partial charge in [-0.15, -0.1) is 0 Å². The van der Waals surface area contributed by atoms with Crippen LogP contribution in [-0.4, -0.2) is 23.1 Å². The minimum absolute atomic E-state index is 0.132. The van der Waals surface area contributed by atoms with Crippen LogP contribution in [0.4, 0.5) is 0 Å². The number of fused-ring (bicyclic) bond motifs is 1. The molecule has 0 saturated heterocycles. The van der Waals surface area contributed by atoms with Gasteiger partial charge in [0.1, 0.15) is 0 Å². The molecule has 2 aromatic rings. The molecular formula is C14H15N3O3S. The summed E-state index contributed by atoms with van der Waals surface area (Å²) in [6, 6.07) is 6.77. The summed E-state index contributed by atoms with van der Waals surface area (Å²) >= 11 is 0. The Labute approximate surface area is 122 Å². The van der Waals surface area contributed by atoms with Crippen LogP contribution in [0.2, 0.25) is 0 Å². The number of hydrogen-bond donors (Lipinski definition) is 1. The van der Waals surface area contributed by atoms with Crippen LogP contribution in [0.15, 0.2) is 27.9 Å². The number of terminal acetylenes is 1. The Morgan fingerprint density at radius 3 is 2.57 bits per heavy atom. The van der Waals surface area contributed by atoms with Gasteiger partial charge in [0.15, 0.2) is 0 Å². The van der Waals surface area contributed by atoms with Crippen molar-refractivity contribution in [3.05, 3.63) is 28.7 Å². The van der Waals surface area contributed by atoms with Crippen LogP contribution in [0.25, 0.3) is 11.0 Å². The van der Waals surface area contributed by atoms with E-state index in [1.807, 2.05) is 6.92 Å². The molecule has 3 rings (SSSR count). The summed E-state index contributed by atoms with van der Waals surface area (Å²) in [4.78, 5) is 12.1. The van der Waals surface area contributed by atoms with Gasteiger partial charge in [0, 0.05) is 18.6 Å². The number of aryl methyl sites for hydroxylation is 1. The second-order valence-electron chi connectivity index (χ2n) is 5.62. The monoisotopic (exact) mass is 305 g/mol. The Morgan fingerprint density at radius 2 is 2.00 bits per heavy atom. The zero-order chi connectivity index (χ0) is 15.4. The van der Waals surface area contributed by atoms with E-state index in [0.29, 0.717) is 11.0 Å². The molecule has 1 aliphatic rings. The molecule has 0 bridgehead atoms. The summed E-state index contributed by atoms with van der Waals surface area (Å²) in [5.41, 5.74) is 0.289. The number of benzene rings is 1. The van der Waals surface area contributed by atoms with Crippen molar-refractivity contribution in [2.24, 2.45) is 7.05 Å². The van der Waals surface area contributed by atoms with Crippen LogP contribution >= 0.6 is 0 Å². The van der Waals surface area contributed by atoms with Gasteiger partial charge in [0.05, 0.1) is 15.9 Å². The standard InChI is InChI=1S/C14H15N3O3S/c1-4-17-11-6-5-10(9-12(11)16(3)13(17)18)21(19,20)15-14(2)7-8-14/h1,5-6,9,15H,7-8H2,2-3H3. The Hall–Kier alpha value is -2.04. The van der Waals surface area contributed by atoms with Crippen molar-refractivity contribution in [1.82, 2.24) is 13.9 Å². The minimum atomic E-state index is -3.60. The third kappa shape index (κ3) is 2.17. The molecule has 1 aliphatic carbocycles. The van der Waals surface area contributed by atoms with Crippen LogP contribution in [0.3, 0.4) is 0 Å². The lowest BCUT2D eigenvalue weighted by molar-refractivity contribution is 0.558. The molecule has 6 nitrogen and oxygen atoms in total. The third-order valence-electron chi connectivity index (χ3n) is 3.85. The van der Waals surface area contributed by atoms with Crippen LogP contribution in [0.1, 0.15) is 19.8 Å². The maximum Gasteiger partial charge on any atom is 0.340 e. The quantitative estimate of drug-likeness (QED) is 0.844. The van der Waals surface area contributed by atoms with Crippen LogP contribution in [0.5, 0.6) is 0 Å². The summed E-state index contributed by atoms with van der Waals surface area (Å²) in [5.74, 6) is 0. The number of imidazole rings is 1. The number of rotatable bonds is 3. The summed E-state index contributed by atoms with van der Waals surface area (Å²) in [7, 11) is -2.04. The van der Waals surface area contributed by atoms with Crippen molar-refractivity contribution in [3.8, 4) is 12.5 Å². The highest BCUT2D eigenvalue weighted by molar-refractivity contribution is 7.89. The van der Waals surface area contributed by atoms with Crippen molar-refractivity contribution < 1.29 is 8.42 Å². The highest BCUT2D eigenvalue weighted by Gasteiger charge is 2.41. The van der Waals surface area contributed by atoms with Gasteiger partial charge in [-0.1, -0.05) is 6.42 Å². The van der Waals surface area contributed by atoms with Crippen molar-refractivity contribution in [2.75, 3.05) is 0 Å². The first-order valence-corrected chi connectivity index (χ1v) is 7.98. The number of nitrogens with zero attached hydrogens (tertiary/aromatic N) is 2. The molecule has 0 amide bonds. The molecule has 1 saturated carbocycles. The van der Waals surface area contributed by atoms with Crippen molar-refractivity contribution >= 4 is 21.1 Å². The second kappa shape index (κ2) is 4.23. The molecule has 1 heterocycles. The first-order chi connectivity index (χ1) is 9.77. The van der Waals surface area contributed by atoms with E-state index < -0.39 is 10.0 Å². The highest BCUT2D eigenvalue weighted by Crippen LogP contribution is 2.36. The topological polar surface area (TPSA) is 73.1 Å². The van der Waals surface area contributed by atoms with Crippen molar-refractivity contribution in [1.29, 1.82) is 0 Å². The van der Waals surface area contributed by atoms with E-state index in [1.165, 1.54) is 16.7 Å². The molecule has 1 N–H and O–H groups in total. The number of nitrogens with one attached hydrogen (secondary N) is 1. The largest absolute Gasteiger partial charge is 0.340 e. The van der Waals surface area contributed by atoms with E-state index in [1.54, 1.807) is 13.1 Å². The first kappa shape index (κ1) is 13.9. The maximum absolute atomic E-state index is 12.4. The zero-order valence-corrected chi connectivity index (χ0v) is 12.6. The van der Waals surface area contributed by atoms with Crippen LogP contribution < -0.4 is 10.4 Å². The predicted molar refractivity (Wildman–Crippen MR) is 79.4 cm³/mol. The molecule has 0 aliphatic heterocycles. The molecule has 1 aromatic heterocycles. The Kier molecular flexibility index (Phi) is 2.80. The smallest absolute Gasteiger partial charge is 0.294 e. The lowest BCUT2D eigenvalue weighted by Gasteiger charge is -2.12. The van der Waals surface area contributed by atoms with E-state index in [-0.39, 0.29) is 16.1 Å². The zero-order valence-electron chi connectivity index (χ0n) is 11.8. The fourth-order valence-electron chi connectivity index (χ4n) is 2.28. The van der Waals surface area contributed by atoms with Crippen LogP contribution in [0, 0.1) is 12.5 Å². The molecule has 1 fully saturated rings. The fraction of sp³-hybridized carbons (Fsp3) is 0.357. The van der Waals surface area contributed by atoms with Gasteiger partial charge in [-0.2, -0.15) is 0 Å². The molecule has 7 heteroatoms. The Balaban J connectivity index is 2.16. The summed E-state index contributed by atoms with van der Waals surface area (Å²) < 4.78 is 29.9. The van der Waals surface area contributed by atoms with E-state index in [9.17, 15) is 13.2 Å². The van der Waals surface area contributed by atoms with Crippen LogP contribution in [-0.2, 0) is 17.1 Å². The molecule has 1 aromatic carbocycles. The summed E-state index contributed by atoms with van der Waals surface area (Å²) in [6.45, 7) is 1.87. The van der Waals surface area contributed by atoms with Gasteiger partial charge in [-0.25, -0.2) is 22.5 Å². The summed E-state index contributed by atoms with van der Waals surface area (Å²) in [5, 5.41) is 0. The summed E-state index contributed by atoms with van der Waals surface area (Å²) in [6.07, 6.45) is 6.98. The molecule has 0 radical (unpaired) electrons. The van der Waals surface area contributed by atoms with E-state index in [0.717, 1.165) is 17.4 Å². The lowest BCUT2D eigenvalue weighted by atomic mass is 10.3. The SMILES string of the molecule is C#Cn1c(=O)n(C)c2cc(S(=O)(=O)NC3(C)CC3)ccc21. The molecule has 0 unspecified atom stereocenters. The van der Waals surface area contributed by atoms with E-state index in [2.05, 4.69) is 10.8 Å². The molecule has 21 heavy (non-hydrogen) atoms. The van der Waals surface area contributed by atoms with Gasteiger partial charge in [-0.05, 0) is 38.0 Å². The predicted octanol–water partition coefficient (Wildman–Crippen LogP) is 0.610. The van der Waals surface area contributed by atoms with Gasteiger partial charge >= 0.3 is 5.69 Å². The maximum atomic E-state index is 12.4. The van der Waals surface area contributed by atoms with Crippen molar-refractivity contribution in [3.63, 3.8) is 0 Å². The third-order valence-corrected chi connectivity index (χ3v) is 5.48. The van der Waals surface area contributed by atoms with Gasteiger partial charge in [-0.3, -0.25) is 4.57 Å². The molecule has 110 valence electrons. The fourth-order valence-corrected chi connectivity index (χ4v) is 3.77. The Bertz CT molecular complexity index is 940. The molecular weight excluding hydrogens is 290 g/mol. The highest BCUT2D eigenvalue weighted by atomic mass is 32.2. The number of hydrogen-bond acceptors (Lipinski definition) is 3. The first-order valence-electron chi connectivity index (χ1n) is 6.49. The minimum Gasteiger partial charge on any atom is -0.294 e. The molecule has 0 spiro atoms. The average Bonchev–Trinajstić information content (AvgIpc) is 3.08. The normalized spacial score (nSPS) is 16.8. The number of sulfonamides is 1. The van der Waals surface area contributed by atoms with Gasteiger partial charge < -0.3 is 0 Å².